The number of hydrogen-bond acceptors (Lipinski definition) is 3. The zero-order valence-electron chi connectivity index (χ0n) is 13.2. The molecule has 1 N–H and O–H groups in total. The van der Waals surface area contributed by atoms with Crippen LogP contribution in [0.25, 0.3) is 0 Å². The molecule has 1 aliphatic rings. The zero-order valence-corrected chi connectivity index (χ0v) is 18.5. The van der Waals surface area contributed by atoms with Crippen LogP contribution in [0, 0.1) is 8.80 Å². The minimum atomic E-state index is 0. The van der Waals surface area contributed by atoms with Crippen molar-refractivity contribution >= 4 is 63.9 Å². The van der Waals surface area contributed by atoms with Gasteiger partial charge in [0.15, 0.2) is 5.96 Å². The molecular formula is C15H25I2N3OS. The fourth-order valence-electron chi connectivity index (χ4n) is 2.01. The average molecular weight is 549 g/mol. The molecule has 1 aliphatic carbocycles. The molecule has 2 rings (SSSR count). The van der Waals surface area contributed by atoms with Crippen molar-refractivity contribution in [2.75, 3.05) is 40.4 Å². The second-order valence-electron chi connectivity index (χ2n) is 5.37. The summed E-state index contributed by atoms with van der Waals surface area (Å²) in [6, 6.07) is 4.37. The zero-order chi connectivity index (χ0) is 15.1. The number of thiophene rings is 1. The maximum atomic E-state index is 5.68. The number of aliphatic imine (C=N–C) groups is 1. The number of nitrogens with zero attached hydrogens (tertiary/aromatic N) is 2. The molecule has 0 aliphatic heterocycles. The lowest BCUT2D eigenvalue weighted by atomic mass is 10.3. The van der Waals surface area contributed by atoms with Crippen molar-refractivity contribution in [3.05, 3.63) is 19.9 Å². The molecule has 1 saturated carbocycles. The van der Waals surface area contributed by atoms with Crippen LogP contribution in [0.1, 0.15) is 17.7 Å². The molecule has 0 aromatic carbocycles. The molecule has 0 bridgehead atoms. The van der Waals surface area contributed by atoms with E-state index >= 15 is 0 Å². The third-order valence-electron chi connectivity index (χ3n) is 3.48. The molecule has 126 valence electrons. The van der Waals surface area contributed by atoms with Gasteiger partial charge in [-0.3, -0.25) is 4.99 Å². The second-order valence-corrected chi connectivity index (χ2v) is 8.43. The number of hydrogen-bond donors (Lipinski definition) is 1. The summed E-state index contributed by atoms with van der Waals surface area (Å²) in [5.74, 6) is 1.78. The minimum Gasteiger partial charge on any atom is -0.379 e. The number of nitrogens with one attached hydrogen (secondary N) is 1. The van der Waals surface area contributed by atoms with E-state index in [9.17, 15) is 0 Å². The Morgan fingerprint density at radius 2 is 2.27 bits per heavy atom. The Hall–Kier alpha value is 0.390. The number of likely N-dealkylation sites (N-methyl/N-ethyl adjacent to an activating group) is 1. The van der Waals surface area contributed by atoms with Crippen LogP contribution in [-0.4, -0.2) is 51.3 Å². The van der Waals surface area contributed by atoms with E-state index in [0.717, 1.165) is 44.6 Å². The largest absolute Gasteiger partial charge is 0.379 e. The summed E-state index contributed by atoms with van der Waals surface area (Å²) in [5.41, 5.74) is 0. The number of guanidine groups is 1. The molecule has 0 spiro atoms. The van der Waals surface area contributed by atoms with E-state index in [-0.39, 0.29) is 24.0 Å². The molecule has 22 heavy (non-hydrogen) atoms. The quantitative estimate of drug-likeness (QED) is 0.234. The first kappa shape index (κ1) is 20.4. The Labute approximate surface area is 168 Å². The van der Waals surface area contributed by atoms with Gasteiger partial charge < -0.3 is 15.0 Å². The molecule has 0 saturated heterocycles. The van der Waals surface area contributed by atoms with E-state index in [2.05, 4.69) is 57.0 Å². The normalized spacial score (nSPS) is 14.6. The van der Waals surface area contributed by atoms with Gasteiger partial charge in [0.2, 0.25) is 0 Å². The topological polar surface area (TPSA) is 36.9 Å². The van der Waals surface area contributed by atoms with Gasteiger partial charge >= 0.3 is 0 Å². The predicted molar refractivity (Wildman–Crippen MR) is 114 cm³/mol. The van der Waals surface area contributed by atoms with Gasteiger partial charge in [0.1, 0.15) is 0 Å². The fourth-order valence-corrected chi connectivity index (χ4v) is 3.77. The molecule has 4 nitrogen and oxygen atoms in total. The Balaban J connectivity index is 0.00000242. The summed E-state index contributed by atoms with van der Waals surface area (Å²) < 4.78 is 7.02. The smallest absolute Gasteiger partial charge is 0.193 e. The first-order valence-corrected chi connectivity index (χ1v) is 9.32. The highest BCUT2D eigenvalue weighted by Gasteiger charge is 2.21. The molecule has 1 aromatic rings. The first-order chi connectivity index (χ1) is 10.2. The van der Waals surface area contributed by atoms with Gasteiger partial charge in [-0.2, -0.15) is 0 Å². The first-order valence-electron chi connectivity index (χ1n) is 7.42. The van der Waals surface area contributed by atoms with E-state index in [1.807, 2.05) is 18.4 Å². The van der Waals surface area contributed by atoms with Crippen LogP contribution in [0.15, 0.2) is 17.1 Å². The monoisotopic (exact) mass is 549 g/mol. The highest BCUT2D eigenvalue weighted by Crippen LogP contribution is 2.28. The highest BCUT2D eigenvalue weighted by molar-refractivity contribution is 14.1. The van der Waals surface area contributed by atoms with Gasteiger partial charge in [0.05, 0.1) is 9.49 Å². The van der Waals surface area contributed by atoms with E-state index in [1.165, 1.54) is 20.6 Å². The predicted octanol–water partition coefficient (Wildman–Crippen LogP) is 3.45. The third kappa shape index (κ3) is 7.78. The molecule has 0 unspecified atom stereocenters. The molecule has 0 radical (unpaired) electrons. The van der Waals surface area contributed by atoms with E-state index in [1.54, 1.807) is 0 Å². The van der Waals surface area contributed by atoms with Crippen molar-refractivity contribution in [3.63, 3.8) is 0 Å². The Kier molecular flexibility index (Phi) is 10.2. The highest BCUT2D eigenvalue weighted by atomic mass is 127. The van der Waals surface area contributed by atoms with Crippen molar-refractivity contribution in [2.45, 2.75) is 19.3 Å². The summed E-state index contributed by atoms with van der Waals surface area (Å²) in [4.78, 5) is 7.87. The minimum absolute atomic E-state index is 0. The average Bonchev–Trinajstić information content (AvgIpc) is 3.21. The van der Waals surface area contributed by atoms with E-state index < -0.39 is 0 Å². The standard InChI is InChI=1S/C15H24IN3OS.HI/c1-17-15(18-8-7-13-5-6-14(16)21-13)19(2)9-10-20-11-12-3-4-12;/h5-6,12H,3-4,7-11H2,1-2H3,(H,17,18);1H. The van der Waals surface area contributed by atoms with Crippen LogP contribution in [0.5, 0.6) is 0 Å². The van der Waals surface area contributed by atoms with Crippen molar-refractivity contribution < 1.29 is 4.74 Å². The van der Waals surface area contributed by atoms with Crippen LogP contribution >= 0.6 is 57.9 Å². The number of rotatable bonds is 8. The van der Waals surface area contributed by atoms with Crippen molar-refractivity contribution in [1.29, 1.82) is 0 Å². The lowest BCUT2D eigenvalue weighted by Gasteiger charge is -2.21. The Morgan fingerprint density at radius 1 is 1.50 bits per heavy atom. The van der Waals surface area contributed by atoms with Gasteiger partial charge in [-0.25, -0.2) is 0 Å². The van der Waals surface area contributed by atoms with Crippen molar-refractivity contribution in [3.8, 4) is 0 Å². The van der Waals surface area contributed by atoms with Gasteiger partial charge in [0.25, 0.3) is 0 Å². The molecule has 0 amide bonds. The van der Waals surface area contributed by atoms with Crippen molar-refractivity contribution in [2.24, 2.45) is 10.9 Å². The van der Waals surface area contributed by atoms with E-state index in [0.29, 0.717) is 0 Å². The van der Waals surface area contributed by atoms with Crippen LogP contribution in [0.3, 0.4) is 0 Å². The maximum Gasteiger partial charge on any atom is 0.193 e. The molecule has 1 fully saturated rings. The lowest BCUT2D eigenvalue weighted by molar-refractivity contribution is 0.115. The SMILES string of the molecule is CN=C(NCCc1ccc(I)s1)N(C)CCOCC1CC1.I. The van der Waals surface area contributed by atoms with Gasteiger partial charge in [-0.15, -0.1) is 35.3 Å². The summed E-state index contributed by atoms with van der Waals surface area (Å²) in [7, 11) is 3.89. The Morgan fingerprint density at radius 3 is 2.86 bits per heavy atom. The van der Waals surface area contributed by atoms with Crippen LogP contribution in [0.2, 0.25) is 0 Å². The third-order valence-corrected chi connectivity index (χ3v) is 5.43. The lowest BCUT2D eigenvalue weighted by Crippen LogP contribution is -2.41. The summed E-state index contributed by atoms with van der Waals surface area (Å²) in [6.07, 6.45) is 3.74. The number of halogens is 2. The van der Waals surface area contributed by atoms with Crippen LogP contribution in [-0.2, 0) is 11.2 Å². The van der Waals surface area contributed by atoms with Crippen LogP contribution < -0.4 is 5.32 Å². The summed E-state index contributed by atoms with van der Waals surface area (Å²) >= 11 is 4.22. The summed E-state index contributed by atoms with van der Waals surface area (Å²) in [5, 5.41) is 3.41. The maximum absolute atomic E-state index is 5.68. The molecular weight excluding hydrogens is 524 g/mol. The number of ether oxygens (including phenoxy) is 1. The second kappa shape index (κ2) is 11.0. The van der Waals surface area contributed by atoms with Crippen LogP contribution in [0.4, 0.5) is 0 Å². The van der Waals surface area contributed by atoms with Gasteiger partial charge in [0, 0.05) is 38.7 Å². The molecule has 7 heteroatoms. The molecule has 1 heterocycles. The van der Waals surface area contributed by atoms with Crippen molar-refractivity contribution in [1.82, 2.24) is 10.2 Å². The Bertz CT molecular complexity index is 463. The van der Waals surface area contributed by atoms with Gasteiger partial charge in [-0.1, -0.05) is 0 Å². The van der Waals surface area contributed by atoms with Gasteiger partial charge in [-0.05, 0) is 59.9 Å². The molecule has 0 atom stereocenters. The fraction of sp³-hybridized carbons (Fsp3) is 0.667. The molecule has 1 aromatic heterocycles. The van der Waals surface area contributed by atoms with E-state index in [4.69, 9.17) is 4.74 Å². The summed E-state index contributed by atoms with van der Waals surface area (Å²) in [6.45, 7) is 3.49.